The summed E-state index contributed by atoms with van der Waals surface area (Å²) in [6.45, 7) is 13.2. The summed E-state index contributed by atoms with van der Waals surface area (Å²) in [6.07, 6.45) is -0.371. The minimum atomic E-state index is -0.476. The Morgan fingerprint density at radius 3 is 2.48 bits per heavy atom. The Hall–Kier alpha value is -1.30. The second-order valence-electron chi connectivity index (χ2n) is 7.03. The van der Waals surface area contributed by atoms with Crippen LogP contribution in [-0.2, 0) is 4.74 Å². The van der Waals surface area contributed by atoms with Gasteiger partial charge in [0.25, 0.3) is 0 Å². The summed E-state index contributed by atoms with van der Waals surface area (Å²) in [5, 5.41) is 6.27. The van der Waals surface area contributed by atoms with Gasteiger partial charge in [-0.25, -0.2) is 9.78 Å². The fourth-order valence-electron chi connectivity index (χ4n) is 2.03. The molecule has 0 spiro atoms. The van der Waals surface area contributed by atoms with Gasteiger partial charge in [-0.05, 0) is 67.6 Å². The van der Waals surface area contributed by atoms with Crippen LogP contribution in [0.5, 0.6) is 0 Å². The van der Waals surface area contributed by atoms with Crippen molar-refractivity contribution in [2.75, 3.05) is 18.4 Å². The predicted molar refractivity (Wildman–Crippen MR) is 97.7 cm³/mol. The van der Waals surface area contributed by atoms with Crippen molar-refractivity contribution < 1.29 is 9.53 Å². The molecule has 1 amide bonds. The monoisotopic (exact) mass is 385 g/mol. The lowest BCUT2D eigenvalue weighted by Gasteiger charge is -2.24. The maximum atomic E-state index is 11.8. The molecular formula is C17H28BrN3O2. The maximum absolute atomic E-state index is 11.8. The minimum absolute atomic E-state index is 0.297. The van der Waals surface area contributed by atoms with Crippen LogP contribution in [-0.4, -0.2) is 29.8 Å². The molecule has 1 aromatic heterocycles. The van der Waals surface area contributed by atoms with Gasteiger partial charge in [-0.1, -0.05) is 13.8 Å². The molecule has 0 aromatic carbocycles. The van der Waals surface area contributed by atoms with Gasteiger partial charge < -0.3 is 15.4 Å². The summed E-state index contributed by atoms with van der Waals surface area (Å²) in [6, 6.07) is 3.92. The number of nitrogens with zero attached hydrogens (tertiary/aromatic N) is 1. The van der Waals surface area contributed by atoms with Crippen molar-refractivity contribution in [2.24, 2.45) is 11.8 Å². The van der Waals surface area contributed by atoms with E-state index in [0.717, 1.165) is 22.5 Å². The van der Waals surface area contributed by atoms with E-state index in [9.17, 15) is 4.79 Å². The topological polar surface area (TPSA) is 63.2 Å². The standard InChI is InChI=1S/C17H28BrN3O2/c1-11(2)13(10-20-16(22)23-17(4,5)6)9-19-14-7-8-15(18)21-12(14)3/h7-8,11,13,19H,9-10H2,1-6H3,(H,20,22). The first-order chi connectivity index (χ1) is 10.6. The van der Waals surface area contributed by atoms with Crippen LogP contribution in [0.2, 0.25) is 0 Å². The largest absolute Gasteiger partial charge is 0.444 e. The Morgan fingerprint density at radius 1 is 1.30 bits per heavy atom. The number of nitrogens with one attached hydrogen (secondary N) is 2. The highest BCUT2D eigenvalue weighted by Crippen LogP contribution is 2.18. The highest BCUT2D eigenvalue weighted by molar-refractivity contribution is 9.10. The van der Waals surface area contributed by atoms with E-state index in [0.29, 0.717) is 18.4 Å². The van der Waals surface area contributed by atoms with Gasteiger partial charge in [-0.2, -0.15) is 0 Å². The first-order valence-corrected chi connectivity index (χ1v) is 8.71. The summed E-state index contributed by atoms with van der Waals surface area (Å²) in [4.78, 5) is 16.2. The molecule has 0 fully saturated rings. The molecule has 1 heterocycles. The van der Waals surface area contributed by atoms with E-state index in [1.54, 1.807) is 0 Å². The molecule has 0 saturated heterocycles. The third-order valence-corrected chi connectivity index (χ3v) is 3.90. The molecule has 130 valence electrons. The fraction of sp³-hybridized carbons (Fsp3) is 0.647. The van der Waals surface area contributed by atoms with Crippen LogP contribution in [0.1, 0.15) is 40.3 Å². The van der Waals surface area contributed by atoms with E-state index in [-0.39, 0.29) is 6.09 Å². The smallest absolute Gasteiger partial charge is 0.407 e. The van der Waals surface area contributed by atoms with Gasteiger partial charge in [0, 0.05) is 13.1 Å². The molecule has 6 heteroatoms. The van der Waals surface area contributed by atoms with Crippen LogP contribution in [0.3, 0.4) is 0 Å². The number of alkyl carbamates (subject to hydrolysis) is 1. The molecule has 23 heavy (non-hydrogen) atoms. The molecule has 0 aliphatic carbocycles. The van der Waals surface area contributed by atoms with Gasteiger partial charge in [0.2, 0.25) is 0 Å². The number of rotatable bonds is 6. The Kier molecular flexibility index (Phi) is 7.32. The molecule has 1 unspecified atom stereocenters. The van der Waals surface area contributed by atoms with Crippen LogP contribution in [0, 0.1) is 18.8 Å². The van der Waals surface area contributed by atoms with Crippen molar-refractivity contribution in [1.29, 1.82) is 0 Å². The number of halogens is 1. The number of aromatic nitrogens is 1. The highest BCUT2D eigenvalue weighted by atomic mass is 79.9. The first-order valence-electron chi connectivity index (χ1n) is 7.92. The van der Waals surface area contributed by atoms with Crippen molar-refractivity contribution in [2.45, 2.75) is 47.1 Å². The average Bonchev–Trinajstić information content (AvgIpc) is 2.38. The van der Waals surface area contributed by atoms with Gasteiger partial charge >= 0.3 is 6.09 Å². The molecular weight excluding hydrogens is 358 g/mol. The molecule has 0 saturated carbocycles. The van der Waals surface area contributed by atoms with Crippen LogP contribution in [0.15, 0.2) is 16.7 Å². The third kappa shape index (κ3) is 7.68. The van der Waals surface area contributed by atoms with Gasteiger partial charge in [0.15, 0.2) is 0 Å². The van der Waals surface area contributed by atoms with E-state index in [2.05, 4.69) is 45.4 Å². The zero-order valence-corrected chi connectivity index (χ0v) is 16.5. The van der Waals surface area contributed by atoms with Gasteiger partial charge in [-0.15, -0.1) is 0 Å². The quantitative estimate of drug-likeness (QED) is 0.713. The highest BCUT2D eigenvalue weighted by Gasteiger charge is 2.19. The van der Waals surface area contributed by atoms with Gasteiger partial charge in [-0.3, -0.25) is 0 Å². The van der Waals surface area contributed by atoms with Gasteiger partial charge in [0.1, 0.15) is 10.2 Å². The second-order valence-corrected chi connectivity index (χ2v) is 7.85. The zero-order chi connectivity index (χ0) is 17.6. The number of hydrogen-bond donors (Lipinski definition) is 2. The number of ether oxygens (including phenoxy) is 1. The fourth-order valence-corrected chi connectivity index (χ4v) is 2.43. The summed E-state index contributed by atoms with van der Waals surface area (Å²) >= 11 is 3.36. The van der Waals surface area contributed by atoms with Crippen molar-refractivity contribution in [3.05, 3.63) is 22.4 Å². The summed E-state index contributed by atoms with van der Waals surface area (Å²) in [5.74, 6) is 0.728. The molecule has 0 bridgehead atoms. The molecule has 1 aromatic rings. The number of amides is 1. The Balaban J connectivity index is 2.54. The van der Waals surface area contributed by atoms with E-state index in [1.165, 1.54) is 0 Å². The number of carbonyl (C=O) groups is 1. The number of hydrogen-bond acceptors (Lipinski definition) is 4. The average molecular weight is 386 g/mol. The number of anilines is 1. The van der Waals surface area contributed by atoms with Crippen LogP contribution >= 0.6 is 15.9 Å². The van der Waals surface area contributed by atoms with Crippen molar-refractivity contribution in [3.63, 3.8) is 0 Å². The number of carbonyl (C=O) groups excluding carboxylic acids is 1. The Bertz CT molecular complexity index is 527. The normalized spacial score (nSPS) is 12.9. The van der Waals surface area contributed by atoms with Crippen molar-refractivity contribution in [3.8, 4) is 0 Å². The predicted octanol–water partition coefficient (Wildman–Crippen LogP) is 4.36. The number of aryl methyl sites for hydroxylation is 1. The van der Waals surface area contributed by atoms with Crippen molar-refractivity contribution >= 4 is 27.7 Å². The summed E-state index contributed by atoms with van der Waals surface area (Å²) < 4.78 is 6.10. The van der Waals surface area contributed by atoms with Crippen molar-refractivity contribution in [1.82, 2.24) is 10.3 Å². The van der Waals surface area contributed by atoms with Crippen LogP contribution in [0.25, 0.3) is 0 Å². The van der Waals surface area contributed by atoms with E-state index >= 15 is 0 Å². The lowest BCUT2D eigenvalue weighted by molar-refractivity contribution is 0.0516. The molecule has 0 aliphatic rings. The molecule has 0 radical (unpaired) electrons. The Labute approximate surface area is 147 Å². The Morgan fingerprint density at radius 2 is 1.96 bits per heavy atom. The summed E-state index contributed by atoms with van der Waals surface area (Å²) in [5.41, 5.74) is 1.48. The zero-order valence-electron chi connectivity index (χ0n) is 14.9. The van der Waals surface area contributed by atoms with Crippen LogP contribution < -0.4 is 10.6 Å². The van der Waals surface area contributed by atoms with E-state index in [1.807, 2.05) is 39.8 Å². The first kappa shape index (κ1) is 19.7. The summed E-state index contributed by atoms with van der Waals surface area (Å²) in [7, 11) is 0. The molecule has 1 rings (SSSR count). The van der Waals surface area contributed by atoms with E-state index < -0.39 is 5.60 Å². The van der Waals surface area contributed by atoms with Crippen LogP contribution in [0.4, 0.5) is 10.5 Å². The second kappa shape index (κ2) is 8.52. The third-order valence-electron chi connectivity index (χ3n) is 3.46. The lowest BCUT2D eigenvalue weighted by atomic mass is 9.95. The number of pyridine rings is 1. The maximum Gasteiger partial charge on any atom is 0.407 e. The molecule has 0 aliphatic heterocycles. The molecule has 2 N–H and O–H groups in total. The molecule has 1 atom stereocenters. The molecule has 5 nitrogen and oxygen atoms in total. The van der Waals surface area contributed by atoms with Gasteiger partial charge in [0.05, 0.1) is 11.4 Å². The van der Waals surface area contributed by atoms with E-state index in [4.69, 9.17) is 4.74 Å². The minimum Gasteiger partial charge on any atom is -0.444 e. The SMILES string of the molecule is Cc1nc(Br)ccc1NCC(CNC(=O)OC(C)(C)C)C(C)C. The lowest BCUT2D eigenvalue weighted by Crippen LogP contribution is -2.38.